The summed E-state index contributed by atoms with van der Waals surface area (Å²) in [6.45, 7) is 2.46. The van der Waals surface area contributed by atoms with E-state index < -0.39 is 0 Å². The minimum Gasteiger partial charge on any atom is -0.395 e. The highest BCUT2D eigenvalue weighted by molar-refractivity contribution is 7.99. The normalized spacial score (nSPS) is 10.9. The zero-order chi connectivity index (χ0) is 11.6. The Bertz CT molecular complexity index is 263. The molecular formula is C12H19NO2S. The number of nitrogens with zero attached hydrogens (tertiary/aromatic N) is 1. The van der Waals surface area contributed by atoms with E-state index in [4.69, 9.17) is 10.2 Å². The predicted molar refractivity (Wildman–Crippen MR) is 67.8 cm³/mol. The van der Waals surface area contributed by atoms with Gasteiger partial charge in [0.15, 0.2) is 0 Å². The molecule has 0 heterocycles. The molecule has 0 saturated heterocycles. The van der Waals surface area contributed by atoms with Gasteiger partial charge in [0.05, 0.1) is 13.2 Å². The van der Waals surface area contributed by atoms with E-state index in [-0.39, 0.29) is 13.2 Å². The molecule has 0 aliphatic heterocycles. The SMILES string of the molecule is OCCN(CCO)CCSc1ccccc1. The summed E-state index contributed by atoms with van der Waals surface area (Å²) in [4.78, 5) is 3.33. The Hall–Kier alpha value is -0.550. The second kappa shape index (κ2) is 8.58. The summed E-state index contributed by atoms with van der Waals surface area (Å²) in [7, 11) is 0. The first-order valence-corrected chi connectivity index (χ1v) is 6.47. The van der Waals surface area contributed by atoms with Crippen LogP contribution < -0.4 is 0 Å². The lowest BCUT2D eigenvalue weighted by Crippen LogP contribution is -2.31. The van der Waals surface area contributed by atoms with Crippen molar-refractivity contribution < 1.29 is 10.2 Å². The molecule has 0 fully saturated rings. The van der Waals surface area contributed by atoms with Gasteiger partial charge in [-0.25, -0.2) is 0 Å². The molecule has 0 aliphatic rings. The Balaban J connectivity index is 2.22. The molecule has 90 valence electrons. The lowest BCUT2D eigenvalue weighted by atomic mass is 10.4. The number of aliphatic hydroxyl groups is 2. The van der Waals surface area contributed by atoms with Gasteiger partial charge in [0.25, 0.3) is 0 Å². The van der Waals surface area contributed by atoms with Gasteiger partial charge in [-0.15, -0.1) is 11.8 Å². The van der Waals surface area contributed by atoms with E-state index in [9.17, 15) is 0 Å². The van der Waals surface area contributed by atoms with Crippen molar-refractivity contribution in [3.8, 4) is 0 Å². The van der Waals surface area contributed by atoms with Crippen molar-refractivity contribution in [1.82, 2.24) is 4.90 Å². The molecule has 0 aliphatic carbocycles. The molecule has 0 bridgehead atoms. The third-order valence-electron chi connectivity index (χ3n) is 2.25. The highest BCUT2D eigenvalue weighted by Gasteiger charge is 2.03. The number of hydrogen-bond acceptors (Lipinski definition) is 4. The van der Waals surface area contributed by atoms with Gasteiger partial charge in [0.1, 0.15) is 0 Å². The van der Waals surface area contributed by atoms with Crippen molar-refractivity contribution in [2.45, 2.75) is 4.90 Å². The molecule has 3 nitrogen and oxygen atoms in total. The molecule has 2 N–H and O–H groups in total. The first-order chi connectivity index (χ1) is 7.86. The van der Waals surface area contributed by atoms with Crippen LogP contribution in [0.4, 0.5) is 0 Å². The van der Waals surface area contributed by atoms with Crippen LogP contribution in [0, 0.1) is 0 Å². The summed E-state index contributed by atoms with van der Waals surface area (Å²) in [5, 5.41) is 17.7. The number of rotatable bonds is 8. The molecular weight excluding hydrogens is 222 g/mol. The maximum Gasteiger partial charge on any atom is 0.0558 e. The molecule has 0 saturated carbocycles. The van der Waals surface area contributed by atoms with Crippen LogP contribution in [0.5, 0.6) is 0 Å². The summed E-state index contributed by atoms with van der Waals surface area (Å²) in [6, 6.07) is 10.2. The van der Waals surface area contributed by atoms with Crippen molar-refractivity contribution in [3.05, 3.63) is 30.3 Å². The van der Waals surface area contributed by atoms with Gasteiger partial charge in [-0.3, -0.25) is 4.90 Å². The van der Waals surface area contributed by atoms with Crippen LogP contribution >= 0.6 is 11.8 Å². The topological polar surface area (TPSA) is 43.7 Å². The second-order valence-corrected chi connectivity index (χ2v) is 4.62. The van der Waals surface area contributed by atoms with Gasteiger partial charge in [0, 0.05) is 30.3 Å². The third kappa shape index (κ3) is 5.51. The first-order valence-electron chi connectivity index (χ1n) is 5.48. The summed E-state index contributed by atoms with van der Waals surface area (Å²) in [6.07, 6.45) is 0. The predicted octanol–water partition coefficient (Wildman–Crippen LogP) is 1.07. The van der Waals surface area contributed by atoms with E-state index in [1.54, 1.807) is 11.8 Å². The van der Waals surface area contributed by atoms with Crippen LogP contribution in [-0.4, -0.2) is 53.7 Å². The minimum atomic E-state index is 0.149. The standard InChI is InChI=1S/C12H19NO2S/c14-9-6-13(7-10-15)8-11-16-12-4-2-1-3-5-12/h1-5,14-15H,6-11H2. The van der Waals surface area contributed by atoms with Gasteiger partial charge in [-0.2, -0.15) is 0 Å². The van der Waals surface area contributed by atoms with Crippen LogP contribution in [0.1, 0.15) is 0 Å². The Morgan fingerprint density at radius 3 is 2.12 bits per heavy atom. The van der Waals surface area contributed by atoms with Crippen LogP contribution in [0.3, 0.4) is 0 Å². The molecule has 1 rings (SSSR count). The largest absolute Gasteiger partial charge is 0.395 e. The van der Waals surface area contributed by atoms with Gasteiger partial charge >= 0.3 is 0 Å². The first kappa shape index (κ1) is 13.5. The Labute approximate surface area is 101 Å². The van der Waals surface area contributed by atoms with E-state index in [0.717, 1.165) is 12.3 Å². The van der Waals surface area contributed by atoms with Crippen LogP contribution in [0.25, 0.3) is 0 Å². The zero-order valence-corrected chi connectivity index (χ0v) is 10.2. The smallest absolute Gasteiger partial charge is 0.0558 e. The van der Waals surface area contributed by atoms with Gasteiger partial charge in [-0.1, -0.05) is 18.2 Å². The molecule has 1 aromatic carbocycles. The quantitative estimate of drug-likeness (QED) is 0.668. The Morgan fingerprint density at radius 2 is 1.56 bits per heavy atom. The third-order valence-corrected chi connectivity index (χ3v) is 3.24. The Morgan fingerprint density at radius 1 is 0.938 bits per heavy atom. The van der Waals surface area contributed by atoms with Crippen LogP contribution in [0.2, 0.25) is 0 Å². The maximum atomic E-state index is 8.85. The van der Waals surface area contributed by atoms with Crippen molar-refractivity contribution in [1.29, 1.82) is 0 Å². The lowest BCUT2D eigenvalue weighted by Gasteiger charge is -2.19. The zero-order valence-electron chi connectivity index (χ0n) is 9.38. The van der Waals surface area contributed by atoms with E-state index in [1.807, 2.05) is 18.2 Å². The molecule has 0 aromatic heterocycles. The fourth-order valence-corrected chi connectivity index (χ4v) is 2.36. The fraction of sp³-hybridized carbons (Fsp3) is 0.500. The summed E-state index contributed by atoms with van der Waals surface area (Å²) in [5.74, 6) is 0.976. The average molecular weight is 241 g/mol. The number of benzene rings is 1. The van der Waals surface area contributed by atoms with Crippen molar-refractivity contribution in [3.63, 3.8) is 0 Å². The van der Waals surface area contributed by atoms with E-state index in [1.165, 1.54) is 4.90 Å². The molecule has 0 atom stereocenters. The average Bonchev–Trinajstić information content (AvgIpc) is 2.31. The van der Waals surface area contributed by atoms with Gasteiger partial charge in [-0.05, 0) is 12.1 Å². The van der Waals surface area contributed by atoms with Crippen molar-refractivity contribution in [2.75, 3.05) is 38.6 Å². The summed E-state index contributed by atoms with van der Waals surface area (Å²) in [5.41, 5.74) is 0. The molecule has 0 radical (unpaired) electrons. The monoisotopic (exact) mass is 241 g/mol. The fourth-order valence-electron chi connectivity index (χ4n) is 1.43. The van der Waals surface area contributed by atoms with Crippen LogP contribution in [-0.2, 0) is 0 Å². The summed E-state index contributed by atoms with van der Waals surface area (Å²) < 4.78 is 0. The maximum absolute atomic E-state index is 8.85. The number of thioether (sulfide) groups is 1. The number of hydrogen-bond donors (Lipinski definition) is 2. The van der Waals surface area contributed by atoms with Crippen molar-refractivity contribution in [2.24, 2.45) is 0 Å². The summed E-state index contributed by atoms with van der Waals surface area (Å²) >= 11 is 1.80. The second-order valence-electron chi connectivity index (χ2n) is 3.45. The molecule has 1 aromatic rings. The molecule has 0 unspecified atom stereocenters. The number of aliphatic hydroxyl groups excluding tert-OH is 2. The highest BCUT2D eigenvalue weighted by atomic mass is 32.2. The minimum absolute atomic E-state index is 0.149. The molecule has 0 spiro atoms. The molecule has 4 heteroatoms. The molecule has 16 heavy (non-hydrogen) atoms. The van der Waals surface area contributed by atoms with E-state index in [2.05, 4.69) is 17.0 Å². The van der Waals surface area contributed by atoms with E-state index >= 15 is 0 Å². The molecule has 0 amide bonds. The van der Waals surface area contributed by atoms with Gasteiger partial charge < -0.3 is 10.2 Å². The van der Waals surface area contributed by atoms with Gasteiger partial charge in [0.2, 0.25) is 0 Å². The van der Waals surface area contributed by atoms with Crippen LogP contribution in [0.15, 0.2) is 35.2 Å². The highest BCUT2D eigenvalue weighted by Crippen LogP contribution is 2.16. The van der Waals surface area contributed by atoms with Crippen molar-refractivity contribution >= 4 is 11.8 Å². The van der Waals surface area contributed by atoms with E-state index in [0.29, 0.717) is 13.1 Å². The Kier molecular flexibility index (Phi) is 7.25. The lowest BCUT2D eigenvalue weighted by molar-refractivity contribution is 0.167.